The largest absolute Gasteiger partial charge is 0.323 e. The molecule has 2 heterocycles. The Kier molecular flexibility index (Phi) is 2.09. The number of aromatic nitrogens is 2. The number of halogens is 1. The molecule has 3 rings (SSSR count). The van der Waals surface area contributed by atoms with Crippen LogP contribution >= 0.6 is 11.6 Å². The Labute approximate surface area is 93.4 Å². The van der Waals surface area contributed by atoms with Crippen molar-refractivity contribution in [3.05, 3.63) is 16.7 Å². The lowest BCUT2D eigenvalue weighted by atomic mass is 9.84. The molecule has 1 aliphatic carbocycles. The summed E-state index contributed by atoms with van der Waals surface area (Å²) in [6, 6.07) is 0. The van der Waals surface area contributed by atoms with Gasteiger partial charge < -0.3 is 4.57 Å². The maximum absolute atomic E-state index is 11.4. The molecule has 0 spiro atoms. The molecule has 1 aliphatic heterocycles. The van der Waals surface area contributed by atoms with Crippen molar-refractivity contribution < 1.29 is 4.79 Å². The minimum atomic E-state index is 0.303. The molecule has 0 N–H and O–H groups in total. The Morgan fingerprint density at radius 2 is 2.13 bits per heavy atom. The highest BCUT2D eigenvalue weighted by atomic mass is 35.5. The lowest BCUT2D eigenvalue weighted by Gasteiger charge is -2.26. The highest BCUT2D eigenvalue weighted by Gasteiger charge is 2.30. The van der Waals surface area contributed by atoms with Gasteiger partial charge >= 0.3 is 0 Å². The topological polar surface area (TPSA) is 34.9 Å². The number of carbonyl (C=O) groups is 1. The lowest BCUT2D eigenvalue weighted by molar-refractivity contribution is -0.120. The summed E-state index contributed by atoms with van der Waals surface area (Å²) < 4.78 is 2.05. The Morgan fingerprint density at radius 3 is 2.80 bits per heavy atom. The number of carbonyl (C=O) groups excluding carboxylic acids is 1. The van der Waals surface area contributed by atoms with E-state index < -0.39 is 0 Å². The Morgan fingerprint density at radius 1 is 1.33 bits per heavy atom. The first-order valence-corrected chi connectivity index (χ1v) is 5.90. The molecule has 1 aromatic rings. The van der Waals surface area contributed by atoms with E-state index in [0.717, 1.165) is 17.9 Å². The average Bonchev–Trinajstić information content (AvgIpc) is 2.41. The van der Waals surface area contributed by atoms with Crippen molar-refractivity contribution in [2.45, 2.75) is 44.6 Å². The van der Waals surface area contributed by atoms with Gasteiger partial charge in [0.2, 0.25) is 0 Å². The molecule has 0 atom stereocenters. The summed E-state index contributed by atoms with van der Waals surface area (Å²) in [5.74, 6) is 1.90. The summed E-state index contributed by atoms with van der Waals surface area (Å²) in [6.45, 7) is 0.487. The average molecular weight is 225 g/mol. The number of rotatable bonds is 1. The fourth-order valence-corrected chi connectivity index (χ4v) is 2.66. The SMILES string of the molecule is O=C1CCc2c(Cl)nc(C3CCC3)n2C1. The second-order valence-electron chi connectivity index (χ2n) is 4.46. The third kappa shape index (κ3) is 1.41. The molecule has 0 aromatic carbocycles. The van der Waals surface area contributed by atoms with Gasteiger partial charge in [-0.15, -0.1) is 0 Å². The van der Waals surface area contributed by atoms with Gasteiger partial charge in [-0.1, -0.05) is 18.0 Å². The molecule has 1 saturated carbocycles. The number of fused-ring (bicyclic) bond motifs is 1. The molecule has 0 radical (unpaired) electrons. The van der Waals surface area contributed by atoms with E-state index in [9.17, 15) is 4.79 Å². The Bertz CT molecular complexity index is 420. The molecule has 3 nitrogen and oxygen atoms in total. The summed E-state index contributed by atoms with van der Waals surface area (Å²) >= 11 is 6.09. The molecule has 0 bridgehead atoms. The van der Waals surface area contributed by atoms with Crippen molar-refractivity contribution in [2.24, 2.45) is 0 Å². The van der Waals surface area contributed by atoms with Gasteiger partial charge in [0, 0.05) is 12.3 Å². The van der Waals surface area contributed by atoms with Crippen molar-refractivity contribution in [3.63, 3.8) is 0 Å². The van der Waals surface area contributed by atoms with Crippen molar-refractivity contribution in [2.75, 3.05) is 0 Å². The Hall–Kier alpha value is -0.830. The van der Waals surface area contributed by atoms with Crippen LogP contribution in [-0.2, 0) is 17.8 Å². The van der Waals surface area contributed by atoms with E-state index in [-0.39, 0.29) is 0 Å². The summed E-state index contributed by atoms with van der Waals surface area (Å²) in [5, 5.41) is 0.615. The fourth-order valence-electron chi connectivity index (χ4n) is 2.38. The maximum Gasteiger partial charge on any atom is 0.152 e. The molecular formula is C11H13ClN2O. The van der Waals surface area contributed by atoms with Crippen molar-refractivity contribution in [1.29, 1.82) is 0 Å². The predicted octanol–water partition coefficient (Wildman–Crippen LogP) is 2.32. The number of hydrogen-bond donors (Lipinski definition) is 0. The summed E-state index contributed by atoms with van der Waals surface area (Å²) in [7, 11) is 0. The van der Waals surface area contributed by atoms with Crippen LogP contribution in [0.3, 0.4) is 0 Å². The van der Waals surface area contributed by atoms with Gasteiger partial charge in [0.15, 0.2) is 10.9 Å². The highest BCUT2D eigenvalue weighted by molar-refractivity contribution is 6.30. The standard InChI is InChI=1S/C11H13ClN2O/c12-10-9-5-4-8(15)6-14(9)11(13-10)7-2-1-3-7/h7H,1-6H2. The molecule has 4 heteroatoms. The second kappa shape index (κ2) is 3.34. The van der Waals surface area contributed by atoms with Crippen LogP contribution in [-0.4, -0.2) is 15.3 Å². The first kappa shape index (κ1) is 9.40. The van der Waals surface area contributed by atoms with Crippen molar-refractivity contribution in [3.8, 4) is 0 Å². The van der Waals surface area contributed by atoms with Gasteiger partial charge in [0.1, 0.15) is 5.82 Å². The number of Topliss-reactive ketones (excluding diaryl/α,β-unsaturated/α-hetero) is 1. The van der Waals surface area contributed by atoms with E-state index in [1.165, 1.54) is 19.3 Å². The van der Waals surface area contributed by atoms with Gasteiger partial charge in [-0.25, -0.2) is 4.98 Å². The monoisotopic (exact) mass is 224 g/mol. The van der Waals surface area contributed by atoms with Crippen LogP contribution in [0.2, 0.25) is 5.15 Å². The molecule has 15 heavy (non-hydrogen) atoms. The van der Waals surface area contributed by atoms with Gasteiger partial charge in [0.25, 0.3) is 0 Å². The molecule has 0 unspecified atom stereocenters. The number of imidazole rings is 1. The quantitative estimate of drug-likeness (QED) is 0.734. The van der Waals surface area contributed by atoms with Crippen LogP contribution < -0.4 is 0 Å². The number of ketones is 1. The van der Waals surface area contributed by atoms with Gasteiger partial charge in [-0.05, 0) is 19.3 Å². The van der Waals surface area contributed by atoms with Crippen molar-refractivity contribution in [1.82, 2.24) is 9.55 Å². The normalized spacial score (nSPS) is 21.3. The van der Waals surface area contributed by atoms with Gasteiger partial charge in [0.05, 0.1) is 12.2 Å². The van der Waals surface area contributed by atoms with Crippen LogP contribution in [0.4, 0.5) is 0 Å². The molecule has 1 fully saturated rings. The smallest absolute Gasteiger partial charge is 0.152 e. The Balaban J connectivity index is 2.04. The van der Waals surface area contributed by atoms with E-state index in [2.05, 4.69) is 9.55 Å². The summed E-state index contributed by atoms with van der Waals surface area (Å²) in [5.41, 5.74) is 1.07. The van der Waals surface area contributed by atoms with Crippen LogP contribution in [0, 0.1) is 0 Å². The molecule has 0 saturated heterocycles. The first-order chi connectivity index (χ1) is 7.25. The zero-order valence-corrected chi connectivity index (χ0v) is 9.26. The van der Waals surface area contributed by atoms with E-state index in [4.69, 9.17) is 11.6 Å². The summed E-state index contributed by atoms with van der Waals surface area (Å²) in [4.78, 5) is 15.8. The van der Waals surface area contributed by atoms with E-state index in [0.29, 0.717) is 29.8 Å². The zero-order chi connectivity index (χ0) is 10.4. The van der Waals surface area contributed by atoms with Crippen LogP contribution in [0.15, 0.2) is 0 Å². The molecule has 80 valence electrons. The highest BCUT2D eigenvalue weighted by Crippen LogP contribution is 2.38. The lowest BCUT2D eigenvalue weighted by Crippen LogP contribution is -2.24. The predicted molar refractivity (Wildman–Crippen MR) is 57.2 cm³/mol. The second-order valence-corrected chi connectivity index (χ2v) is 4.82. The van der Waals surface area contributed by atoms with Gasteiger partial charge in [-0.3, -0.25) is 4.79 Å². The molecule has 1 aromatic heterocycles. The summed E-state index contributed by atoms with van der Waals surface area (Å²) in [6.07, 6.45) is 5.05. The third-order valence-electron chi connectivity index (χ3n) is 3.50. The zero-order valence-electron chi connectivity index (χ0n) is 8.50. The molecule has 2 aliphatic rings. The van der Waals surface area contributed by atoms with Crippen LogP contribution in [0.1, 0.15) is 43.1 Å². The number of nitrogens with zero attached hydrogens (tertiary/aromatic N) is 2. The van der Waals surface area contributed by atoms with Crippen molar-refractivity contribution >= 4 is 17.4 Å². The van der Waals surface area contributed by atoms with Gasteiger partial charge in [-0.2, -0.15) is 0 Å². The fraction of sp³-hybridized carbons (Fsp3) is 0.636. The minimum Gasteiger partial charge on any atom is -0.323 e. The maximum atomic E-state index is 11.4. The van der Waals surface area contributed by atoms with E-state index >= 15 is 0 Å². The minimum absolute atomic E-state index is 0.303. The van der Waals surface area contributed by atoms with E-state index in [1.807, 2.05) is 0 Å². The third-order valence-corrected chi connectivity index (χ3v) is 3.80. The van der Waals surface area contributed by atoms with E-state index in [1.54, 1.807) is 0 Å². The number of hydrogen-bond acceptors (Lipinski definition) is 2. The molecule has 0 amide bonds. The first-order valence-electron chi connectivity index (χ1n) is 5.52. The molecular weight excluding hydrogens is 212 g/mol. The van der Waals surface area contributed by atoms with Crippen LogP contribution in [0.5, 0.6) is 0 Å². The van der Waals surface area contributed by atoms with Crippen LogP contribution in [0.25, 0.3) is 0 Å².